The Kier molecular flexibility index (Phi) is 3.35. The number of benzene rings is 1. The standard InChI is InChI=1S/C18H14N4O2/c1-12-5-6-16-15(20-12)10-17(24-16)18(23)21-13-3-2-4-14(9-13)22-8-7-19-11-22/h2-11H,1H3,(H,21,23). The number of hydrogen-bond acceptors (Lipinski definition) is 4. The van der Waals surface area contributed by atoms with Crippen molar-refractivity contribution in [2.24, 2.45) is 0 Å². The molecule has 0 unspecified atom stereocenters. The van der Waals surface area contributed by atoms with Crippen LogP contribution in [0.25, 0.3) is 16.8 Å². The second kappa shape index (κ2) is 5.66. The molecule has 4 rings (SSSR count). The molecular formula is C18H14N4O2. The lowest BCUT2D eigenvalue weighted by Gasteiger charge is -2.06. The molecule has 3 heterocycles. The summed E-state index contributed by atoms with van der Waals surface area (Å²) in [6.07, 6.45) is 5.25. The Hall–Kier alpha value is -3.41. The molecule has 0 aliphatic heterocycles. The third-order valence-electron chi connectivity index (χ3n) is 3.64. The summed E-state index contributed by atoms with van der Waals surface area (Å²) in [5.41, 5.74) is 3.73. The van der Waals surface area contributed by atoms with Gasteiger partial charge < -0.3 is 14.3 Å². The van der Waals surface area contributed by atoms with Crippen LogP contribution < -0.4 is 5.32 Å². The zero-order valence-electron chi connectivity index (χ0n) is 12.9. The minimum Gasteiger partial charge on any atom is -0.449 e. The Labute approximate surface area is 137 Å². The van der Waals surface area contributed by atoms with E-state index >= 15 is 0 Å². The van der Waals surface area contributed by atoms with Crippen molar-refractivity contribution >= 4 is 22.7 Å². The maximum absolute atomic E-state index is 12.4. The number of aromatic nitrogens is 3. The van der Waals surface area contributed by atoms with Crippen LogP contribution in [0.1, 0.15) is 16.2 Å². The van der Waals surface area contributed by atoms with Crippen molar-refractivity contribution in [3.05, 3.63) is 72.6 Å². The quantitative estimate of drug-likeness (QED) is 0.626. The summed E-state index contributed by atoms with van der Waals surface area (Å²) >= 11 is 0. The fourth-order valence-electron chi connectivity index (χ4n) is 2.49. The maximum Gasteiger partial charge on any atom is 0.291 e. The van der Waals surface area contributed by atoms with Crippen molar-refractivity contribution in [2.75, 3.05) is 5.32 Å². The van der Waals surface area contributed by atoms with Crippen LogP contribution in [0.3, 0.4) is 0 Å². The summed E-state index contributed by atoms with van der Waals surface area (Å²) in [6.45, 7) is 1.90. The van der Waals surface area contributed by atoms with Crippen LogP contribution in [0.15, 0.2) is 65.6 Å². The predicted octanol–water partition coefficient (Wildman–Crippen LogP) is 3.57. The maximum atomic E-state index is 12.4. The van der Waals surface area contributed by atoms with Gasteiger partial charge in [-0.05, 0) is 37.3 Å². The number of imidazole rings is 1. The van der Waals surface area contributed by atoms with Gasteiger partial charge in [0.25, 0.3) is 5.91 Å². The Morgan fingerprint density at radius 2 is 2.12 bits per heavy atom. The van der Waals surface area contributed by atoms with Gasteiger partial charge in [0.05, 0.1) is 6.33 Å². The van der Waals surface area contributed by atoms with Crippen molar-refractivity contribution in [1.82, 2.24) is 14.5 Å². The molecule has 0 bridgehead atoms. The number of anilines is 1. The van der Waals surface area contributed by atoms with E-state index in [1.807, 2.05) is 54.1 Å². The molecule has 0 fully saturated rings. The smallest absolute Gasteiger partial charge is 0.291 e. The predicted molar refractivity (Wildman–Crippen MR) is 90.3 cm³/mol. The van der Waals surface area contributed by atoms with E-state index in [9.17, 15) is 4.79 Å². The number of rotatable bonds is 3. The minimum absolute atomic E-state index is 0.233. The summed E-state index contributed by atoms with van der Waals surface area (Å²) < 4.78 is 7.43. The van der Waals surface area contributed by atoms with Gasteiger partial charge >= 0.3 is 0 Å². The molecule has 0 radical (unpaired) electrons. The van der Waals surface area contributed by atoms with Crippen molar-refractivity contribution in [3.8, 4) is 5.69 Å². The molecule has 3 aromatic heterocycles. The van der Waals surface area contributed by atoms with E-state index < -0.39 is 0 Å². The number of carbonyl (C=O) groups is 1. The van der Waals surface area contributed by atoms with Gasteiger partial charge in [-0.25, -0.2) is 9.97 Å². The third kappa shape index (κ3) is 2.65. The van der Waals surface area contributed by atoms with Crippen LogP contribution in [0.4, 0.5) is 5.69 Å². The van der Waals surface area contributed by atoms with E-state index in [4.69, 9.17) is 4.42 Å². The topological polar surface area (TPSA) is 73.0 Å². The highest BCUT2D eigenvalue weighted by Crippen LogP contribution is 2.20. The Morgan fingerprint density at radius 1 is 1.21 bits per heavy atom. The van der Waals surface area contributed by atoms with Crippen LogP contribution in [0.2, 0.25) is 0 Å². The highest BCUT2D eigenvalue weighted by atomic mass is 16.3. The normalized spacial score (nSPS) is 10.9. The number of aryl methyl sites for hydroxylation is 1. The summed E-state index contributed by atoms with van der Waals surface area (Å²) in [4.78, 5) is 20.8. The number of furan rings is 1. The second-order valence-electron chi connectivity index (χ2n) is 5.42. The monoisotopic (exact) mass is 318 g/mol. The van der Waals surface area contributed by atoms with Crippen LogP contribution >= 0.6 is 0 Å². The van der Waals surface area contributed by atoms with Crippen molar-refractivity contribution in [2.45, 2.75) is 6.92 Å². The molecule has 0 aliphatic carbocycles. The first-order valence-corrected chi connectivity index (χ1v) is 7.46. The first-order chi connectivity index (χ1) is 11.7. The summed E-state index contributed by atoms with van der Waals surface area (Å²) in [5, 5.41) is 2.84. The number of amides is 1. The number of nitrogens with one attached hydrogen (secondary N) is 1. The number of hydrogen-bond donors (Lipinski definition) is 1. The summed E-state index contributed by atoms with van der Waals surface area (Å²) in [5.74, 6) is -0.0791. The van der Waals surface area contributed by atoms with Crippen LogP contribution in [-0.4, -0.2) is 20.4 Å². The molecule has 1 amide bonds. The lowest BCUT2D eigenvalue weighted by molar-refractivity contribution is 0.0998. The first-order valence-electron chi connectivity index (χ1n) is 7.46. The van der Waals surface area contributed by atoms with E-state index in [0.29, 0.717) is 16.8 Å². The van der Waals surface area contributed by atoms with Gasteiger partial charge in [0.1, 0.15) is 5.52 Å². The minimum atomic E-state index is -0.312. The van der Waals surface area contributed by atoms with Crippen molar-refractivity contribution in [1.29, 1.82) is 0 Å². The lowest BCUT2D eigenvalue weighted by atomic mass is 10.2. The van der Waals surface area contributed by atoms with E-state index in [1.54, 1.807) is 18.6 Å². The van der Waals surface area contributed by atoms with Crippen molar-refractivity contribution < 1.29 is 9.21 Å². The molecule has 4 aromatic rings. The molecule has 6 nitrogen and oxygen atoms in total. The molecule has 24 heavy (non-hydrogen) atoms. The summed E-state index contributed by atoms with van der Waals surface area (Å²) in [6, 6.07) is 12.8. The SMILES string of the molecule is Cc1ccc2oc(C(=O)Nc3cccc(-n4ccnc4)c3)cc2n1. The van der Waals surface area contributed by atoms with Crippen LogP contribution in [0.5, 0.6) is 0 Å². The average Bonchev–Trinajstić information content (AvgIpc) is 3.24. The number of fused-ring (bicyclic) bond motifs is 1. The fraction of sp³-hybridized carbons (Fsp3) is 0.0556. The van der Waals surface area contributed by atoms with E-state index in [0.717, 1.165) is 11.4 Å². The molecule has 6 heteroatoms. The lowest BCUT2D eigenvalue weighted by Crippen LogP contribution is -2.11. The summed E-state index contributed by atoms with van der Waals surface area (Å²) in [7, 11) is 0. The molecule has 0 saturated carbocycles. The van der Waals surface area contributed by atoms with Gasteiger partial charge in [0, 0.05) is 35.5 Å². The molecule has 0 atom stereocenters. The number of pyridine rings is 1. The highest BCUT2D eigenvalue weighted by molar-refractivity contribution is 6.04. The van der Waals surface area contributed by atoms with Crippen LogP contribution in [0, 0.1) is 6.92 Å². The van der Waals surface area contributed by atoms with Gasteiger partial charge in [-0.3, -0.25) is 4.79 Å². The van der Waals surface area contributed by atoms with Gasteiger partial charge in [-0.1, -0.05) is 6.07 Å². The highest BCUT2D eigenvalue weighted by Gasteiger charge is 2.13. The Balaban J connectivity index is 1.60. The zero-order valence-corrected chi connectivity index (χ0v) is 12.9. The van der Waals surface area contributed by atoms with Crippen molar-refractivity contribution in [3.63, 3.8) is 0 Å². The van der Waals surface area contributed by atoms with Crippen LogP contribution in [-0.2, 0) is 0 Å². The van der Waals surface area contributed by atoms with E-state index in [1.165, 1.54) is 0 Å². The van der Waals surface area contributed by atoms with E-state index in [2.05, 4.69) is 15.3 Å². The largest absolute Gasteiger partial charge is 0.449 e. The number of nitrogens with zero attached hydrogens (tertiary/aromatic N) is 3. The second-order valence-corrected chi connectivity index (χ2v) is 5.42. The zero-order chi connectivity index (χ0) is 16.5. The number of carbonyl (C=O) groups excluding carboxylic acids is 1. The molecule has 0 saturated heterocycles. The molecule has 118 valence electrons. The van der Waals surface area contributed by atoms with Gasteiger partial charge in [0.15, 0.2) is 11.3 Å². The Bertz CT molecular complexity index is 1020. The van der Waals surface area contributed by atoms with Gasteiger partial charge in [-0.2, -0.15) is 0 Å². The average molecular weight is 318 g/mol. The van der Waals surface area contributed by atoms with E-state index in [-0.39, 0.29) is 11.7 Å². The molecular weight excluding hydrogens is 304 g/mol. The molecule has 0 spiro atoms. The fourth-order valence-corrected chi connectivity index (χ4v) is 2.49. The van der Waals surface area contributed by atoms with Gasteiger partial charge in [0.2, 0.25) is 0 Å². The molecule has 1 N–H and O–H groups in total. The first kappa shape index (κ1) is 14.2. The Morgan fingerprint density at radius 3 is 2.96 bits per heavy atom. The molecule has 1 aromatic carbocycles. The van der Waals surface area contributed by atoms with Gasteiger partial charge in [-0.15, -0.1) is 0 Å². The third-order valence-corrected chi connectivity index (χ3v) is 3.64. The molecule has 0 aliphatic rings.